The minimum atomic E-state index is -1.08. The number of aromatic carboxylic acids is 1. The van der Waals surface area contributed by atoms with Crippen LogP contribution in [0, 0.1) is 0 Å². The number of carbonyl (C=O) groups is 2. The van der Waals surface area contributed by atoms with Crippen LogP contribution in [0.3, 0.4) is 0 Å². The van der Waals surface area contributed by atoms with Gasteiger partial charge in [-0.05, 0) is 24.0 Å². The number of nitrogen functional groups attached to an aromatic ring is 1. The molecule has 2 heterocycles. The Morgan fingerprint density at radius 2 is 2.11 bits per heavy atom. The largest absolute Gasteiger partial charge is 0.478 e. The third-order valence-electron chi connectivity index (χ3n) is 5.15. The Bertz CT molecular complexity index is 1040. The Labute approximate surface area is 159 Å². The van der Waals surface area contributed by atoms with E-state index in [9.17, 15) is 14.7 Å². The summed E-state index contributed by atoms with van der Waals surface area (Å²) in [6.45, 7) is 0. The molecule has 0 spiro atoms. The molecule has 1 aromatic carbocycles. The fourth-order valence-electron chi connectivity index (χ4n) is 3.90. The fourth-order valence-corrected chi connectivity index (χ4v) is 5.05. The van der Waals surface area contributed by atoms with Gasteiger partial charge in [0.15, 0.2) is 5.78 Å². The Hall–Kier alpha value is -3.00. The van der Waals surface area contributed by atoms with E-state index in [1.165, 1.54) is 0 Å². The Kier molecular flexibility index (Phi) is 4.07. The van der Waals surface area contributed by atoms with Gasteiger partial charge in [0.1, 0.15) is 5.00 Å². The van der Waals surface area contributed by atoms with Crippen LogP contribution >= 0.6 is 11.3 Å². The summed E-state index contributed by atoms with van der Waals surface area (Å²) in [7, 11) is 1.78. The minimum absolute atomic E-state index is 0.0736. The van der Waals surface area contributed by atoms with E-state index < -0.39 is 11.4 Å². The molecule has 0 amide bonds. The molecule has 2 aromatic heterocycles. The average molecular weight is 382 g/mol. The highest BCUT2D eigenvalue weighted by Crippen LogP contribution is 2.46. The number of nitrogens with two attached hydrogens (primary N) is 1. The molecule has 27 heavy (non-hydrogen) atoms. The van der Waals surface area contributed by atoms with E-state index in [2.05, 4.69) is 10.3 Å². The summed E-state index contributed by atoms with van der Waals surface area (Å²) in [5, 5.41) is 17.8. The van der Waals surface area contributed by atoms with E-state index in [1.807, 2.05) is 30.3 Å². The predicted octanol–water partition coefficient (Wildman–Crippen LogP) is 2.47. The van der Waals surface area contributed by atoms with Gasteiger partial charge in [0.25, 0.3) is 0 Å². The smallest absolute Gasteiger partial charge is 0.338 e. The number of hydrogen-bond donors (Lipinski definition) is 2. The summed E-state index contributed by atoms with van der Waals surface area (Å²) < 4.78 is 1.61. The molecule has 0 radical (unpaired) electrons. The maximum absolute atomic E-state index is 13.6. The van der Waals surface area contributed by atoms with Crippen LogP contribution in [0.25, 0.3) is 0 Å². The SMILES string of the molecule is Cn1cc(CC2(c3ccccc3)CCc3c(sc(N)c3C(=O)O)C2=O)nn1. The summed E-state index contributed by atoms with van der Waals surface area (Å²) >= 11 is 1.07. The molecule has 4 rings (SSSR count). The molecule has 0 saturated heterocycles. The van der Waals surface area contributed by atoms with Crippen molar-refractivity contribution in [3.63, 3.8) is 0 Å². The lowest BCUT2D eigenvalue weighted by molar-refractivity contribution is 0.0697. The molecule has 8 heteroatoms. The standard InChI is InChI=1S/C19H18N4O3S/c1-23-10-12(21-22-23)9-19(11-5-3-2-4-6-11)8-7-13-14(18(25)26)17(20)27-15(13)16(19)24/h2-6,10H,7-9,20H2,1H3,(H,25,26). The zero-order valence-corrected chi connectivity index (χ0v) is 15.5. The van der Waals surface area contributed by atoms with Crippen LogP contribution in [-0.2, 0) is 25.3 Å². The maximum atomic E-state index is 13.6. The highest BCUT2D eigenvalue weighted by molar-refractivity contribution is 7.18. The zero-order chi connectivity index (χ0) is 19.2. The topological polar surface area (TPSA) is 111 Å². The number of fused-ring (bicyclic) bond motifs is 1. The van der Waals surface area contributed by atoms with Crippen LogP contribution in [0.2, 0.25) is 0 Å². The first-order valence-electron chi connectivity index (χ1n) is 8.52. The number of aryl methyl sites for hydroxylation is 1. The van der Waals surface area contributed by atoms with Crippen LogP contribution in [0.4, 0.5) is 5.00 Å². The lowest BCUT2D eigenvalue weighted by Crippen LogP contribution is -2.42. The first kappa shape index (κ1) is 17.4. The lowest BCUT2D eigenvalue weighted by Gasteiger charge is -2.35. The van der Waals surface area contributed by atoms with Gasteiger partial charge >= 0.3 is 5.97 Å². The number of carboxylic acid groups (broad SMARTS) is 1. The van der Waals surface area contributed by atoms with Crippen LogP contribution in [0.5, 0.6) is 0 Å². The number of nitrogens with zero attached hydrogens (tertiary/aromatic N) is 3. The number of benzene rings is 1. The van der Waals surface area contributed by atoms with E-state index in [0.29, 0.717) is 29.7 Å². The molecular formula is C19H18N4O3S. The highest BCUT2D eigenvalue weighted by Gasteiger charge is 2.47. The van der Waals surface area contributed by atoms with Crippen molar-refractivity contribution < 1.29 is 14.7 Å². The van der Waals surface area contributed by atoms with Crippen molar-refractivity contribution >= 4 is 28.1 Å². The van der Waals surface area contributed by atoms with Gasteiger partial charge < -0.3 is 10.8 Å². The number of thiophene rings is 1. The first-order valence-corrected chi connectivity index (χ1v) is 9.34. The molecular weight excluding hydrogens is 364 g/mol. The molecule has 3 aromatic rings. The van der Waals surface area contributed by atoms with E-state index in [-0.39, 0.29) is 16.3 Å². The van der Waals surface area contributed by atoms with Gasteiger partial charge in [0.2, 0.25) is 0 Å². The molecule has 1 unspecified atom stereocenters. The molecule has 7 nitrogen and oxygen atoms in total. The number of Topliss-reactive ketones (excluding diaryl/α,β-unsaturated/α-hetero) is 1. The second kappa shape index (κ2) is 6.31. The number of aromatic nitrogens is 3. The maximum Gasteiger partial charge on any atom is 0.338 e. The second-order valence-corrected chi connectivity index (χ2v) is 7.84. The second-order valence-electron chi connectivity index (χ2n) is 6.79. The van der Waals surface area contributed by atoms with Crippen LogP contribution in [0.1, 0.15) is 43.3 Å². The fraction of sp³-hybridized carbons (Fsp3) is 0.263. The van der Waals surface area contributed by atoms with E-state index in [4.69, 9.17) is 5.73 Å². The number of carbonyl (C=O) groups excluding carboxylic acids is 1. The molecule has 0 aliphatic heterocycles. The van der Waals surface area contributed by atoms with Crippen molar-refractivity contribution in [2.45, 2.75) is 24.7 Å². The molecule has 1 atom stereocenters. The van der Waals surface area contributed by atoms with Gasteiger partial charge in [0.05, 0.1) is 21.5 Å². The molecule has 0 saturated carbocycles. The van der Waals surface area contributed by atoms with Crippen LogP contribution in [0.15, 0.2) is 36.5 Å². The minimum Gasteiger partial charge on any atom is -0.478 e. The molecule has 0 bridgehead atoms. The van der Waals surface area contributed by atoms with Gasteiger partial charge in [-0.3, -0.25) is 9.48 Å². The van der Waals surface area contributed by atoms with Gasteiger partial charge in [-0.25, -0.2) is 4.79 Å². The highest BCUT2D eigenvalue weighted by atomic mass is 32.1. The third-order valence-corrected chi connectivity index (χ3v) is 6.21. The normalized spacial score (nSPS) is 19.1. The first-order chi connectivity index (χ1) is 12.9. The summed E-state index contributed by atoms with van der Waals surface area (Å²) in [5.74, 6) is -1.18. The predicted molar refractivity (Wildman–Crippen MR) is 101 cm³/mol. The van der Waals surface area contributed by atoms with Gasteiger partial charge in [-0.15, -0.1) is 16.4 Å². The van der Waals surface area contributed by atoms with Crippen molar-refractivity contribution in [1.29, 1.82) is 0 Å². The summed E-state index contributed by atoms with van der Waals surface area (Å²) in [4.78, 5) is 25.7. The van der Waals surface area contributed by atoms with Gasteiger partial charge in [-0.2, -0.15) is 0 Å². The number of anilines is 1. The Balaban J connectivity index is 1.86. The molecule has 1 aliphatic carbocycles. The van der Waals surface area contributed by atoms with Crippen molar-refractivity contribution in [3.05, 3.63) is 63.8 Å². The molecule has 1 aliphatic rings. The van der Waals surface area contributed by atoms with Gasteiger partial charge in [-0.1, -0.05) is 35.5 Å². The lowest BCUT2D eigenvalue weighted by atomic mass is 9.66. The average Bonchev–Trinajstić information content (AvgIpc) is 3.21. The van der Waals surface area contributed by atoms with E-state index in [1.54, 1.807) is 17.9 Å². The summed E-state index contributed by atoms with van der Waals surface area (Å²) in [6.07, 6.45) is 3.18. The number of hydrogen-bond acceptors (Lipinski definition) is 6. The quantitative estimate of drug-likeness (QED) is 0.717. The number of rotatable bonds is 4. The molecule has 3 N–H and O–H groups in total. The molecule has 0 fully saturated rings. The number of carboxylic acids is 1. The summed E-state index contributed by atoms with van der Waals surface area (Å²) in [6, 6.07) is 9.59. The van der Waals surface area contributed by atoms with Crippen molar-refractivity contribution in [2.24, 2.45) is 7.05 Å². The Morgan fingerprint density at radius 3 is 2.74 bits per heavy atom. The van der Waals surface area contributed by atoms with Crippen molar-refractivity contribution in [3.8, 4) is 0 Å². The zero-order valence-electron chi connectivity index (χ0n) is 14.7. The van der Waals surface area contributed by atoms with Crippen molar-refractivity contribution in [1.82, 2.24) is 15.0 Å². The van der Waals surface area contributed by atoms with Crippen LogP contribution < -0.4 is 5.73 Å². The monoisotopic (exact) mass is 382 g/mol. The van der Waals surface area contributed by atoms with Crippen LogP contribution in [-0.4, -0.2) is 31.9 Å². The molecule has 138 valence electrons. The van der Waals surface area contributed by atoms with Gasteiger partial charge in [0, 0.05) is 19.7 Å². The van der Waals surface area contributed by atoms with E-state index >= 15 is 0 Å². The Morgan fingerprint density at radius 1 is 1.37 bits per heavy atom. The van der Waals surface area contributed by atoms with Crippen molar-refractivity contribution in [2.75, 3.05) is 5.73 Å². The number of ketones is 1. The third kappa shape index (κ3) is 2.73. The summed E-state index contributed by atoms with van der Waals surface area (Å²) in [5.41, 5.74) is 7.37. The van der Waals surface area contributed by atoms with E-state index in [0.717, 1.165) is 22.6 Å².